The number of para-hydroxylation sites is 1. The smallest absolute Gasteiger partial charge is 0.301 e. The number of carbonyl (C=O) groups is 1. The predicted octanol–water partition coefficient (Wildman–Crippen LogP) is 2.92. The number of nitrogens with zero attached hydrogens (tertiary/aromatic N) is 1. The molecule has 0 unspecified atom stereocenters. The Bertz CT molecular complexity index is 449. The number of alkyl halides is 2. The molecule has 0 spiro atoms. The van der Waals surface area contributed by atoms with Crippen LogP contribution in [0.25, 0.3) is 0 Å². The lowest BCUT2D eigenvalue weighted by molar-refractivity contribution is -0.142. The van der Waals surface area contributed by atoms with E-state index in [9.17, 15) is 13.6 Å². The Kier molecular flexibility index (Phi) is 2.09. The lowest BCUT2D eigenvalue weighted by Gasteiger charge is -2.32. The van der Waals surface area contributed by atoms with Crippen LogP contribution in [0.1, 0.15) is 26.3 Å². The van der Waals surface area contributed by atoms with Crippen LogP contribution in [0.5, 0.6) is 0 Å². The van der Waals surface area contributed by atoms with E-state index >= 15 is 0 Å². The summed E-state index contributed by atoms with van der Waals surface area (Å²) in [7, 11) is 0. The molecule has 0 aliphatic carbocycles. The Morgan fingerprint density at radius 3 is 2.31 bits per heavy atom. The predicted molar refractivity (Wildman–Crippen MR) is 57.6 cm³/mol. The van der Waals surface area contributed by atoms with Gasteiger partial charge < -0.3 is 4.90 Å². The zero-order chi connectivity index (χ0) is 12.1. The number of hydrogen-bond donors (Lipinski definition) is 0. The number of rotatable bonds is 0. The molecule has 4 heteroatoms. The minimum Gasteiger partial charge on any atom is -0.301 e. The summed E-state index contributed by atoms with van der Waals surface area (Å²) in [5.41, 5.74) is -0.535. The van der Waals surface area contributed by atoms with Gasteiger partial charge in [-0.1, -0.05) is 18.2 Å². The number of carbonyl (C=O) groups excluding carboxylic acids is 1. The van der Waals surface area contributed by atoms with Gasteiger partial charge in [-0.25, -0.2) is 0 Å². The molecule has 0 fully saturated rings. The maximum atomic E-state index is 13.7. The van der Waals surface area contributed by atoms with Crippen LogP contribution in [0, 0.1) is 0 Å². The molecule has 0 radical (unpaired) electrons. The lowest BCUT2D eigenvalue weighted by Crippen LogP contribution is -2.46. The van der Waals surface area contributed by atoms with E-state index < -0.39 is 17.4 Å². The SMILES string of the molecule is CC(C)(C)N1C(=O)C(F)(F)c2ccccc21. The van der Waals surface area contributed by atoms with Gasteiger partial charge in [0.05, 0.1) is 11.3 Å². The van der Waals surface area contributed by atoms with Gasteiger partial charge in [-0.2, -0.15) is 8.78 Å². The molecule has 1 aromatic carbocycles. The highest BCUT2D eigenvalue weighted by atomic mass is 19.3. The molecule has 1 aromatic rings. The molecule has 86 valence electrons. The fraction of sp³-hybridized carbons (Fsp3) is 0.417. The third-order valence-corrected chi connectivity index (χ3v) is 2.63. The zero-order valence-corrected chi connectivity index (χ0v) is 9.42. The average molecular weight is 225 g/mol. The second-order valence-corrected chi connectivity index (χ2v) is 4.90. The van der Waals surface area contributed by atoms with Crippen LogP contribution in [0.4, 0.5) is 14.5 Å². The van der Waals surface area contributed by atoms with E-state index in [0.29, 0.717) is 5.69 Å². The van der Waals surface area contributed by atoms with Crippen molar-refractivity contribution in [1.82, 2.24) is 0 Å². The Morgan fingerprint density at radius 2 is 1.75 bits per heavy atom. The number of fused-ring (bicyclic) bond motifs is 1. The van der Waals surface area contributed by atoms with Gasteiger partial charge >= 0.3 is 11.8 Å². The topological polar surface area (TPSA) is 20.3 Å². The molecule has 0 N–H and O–H groups in total. The van der Waals surface area contributed by atoms with E-state index in [1.54, 1.807) is 32.9 Å². The second-order valence-electron chi connectivity index (χ2n) is 4.90. The maximum Gasteiger partial charge on any atom is 0.352 e. The first-order chi connectivity index (χ1) is 7.26. The molecule has 0 atom stereocenters. The van der Waals surface area contributed by atoms with Crippen molar-refractivity contribution in [1.29, 1.82) is 0 Å². The van der Waals surface area contributed by atoms with Gasteiger partial charge in [0, 0.05) is 5.54 Å². The monoisotopic (exact) mass is 225 g/mol. The van der Waals surface area contributed by atoms with Crippen molar-refractivity contribution >= 4 is 11.6 Å². The van der Waals surface area contributed by atoms with Crippen LogP contribution >= 0.6 is 0 Å². The van der Waals surface area contributed by atoms with Crippen molar-refractivity contribution in [3.05, 3.63) is 29.8 Å². The molecule has 2 rings (SSSR count). The van der Waals surface area contributed by atoms with Gasteiger partial charge in [-0.15, -0.1) is 0 Å². The van der Waals surface area contributed by atoms with Gasteiger partial charge in [-0.3, -0.25) is 4.79 Å². The Balaban J connectivity index is 2.65. The van der Waals surface area contributed by atoms with E-state index in [1.807, 2.05) is 0 Å². The van der Waals surface area contributed by atoms with Gasteiger partial charge in [0.15, 0.2) is 0 Å². The largest absolute Gasteiger partial charge is 0.352 e. The fourth-order valence-electron chi connectivity index (χ4n) is 1.97. The number of amides is 1. The molecular formula is C12H13F2NO. The molecule has 0 saturated heterocycles. The van der Waals surface area contributed by atoms with E-state index in [0.717, 1.165) is 0 Å². The highest BCUT2D eigenvalue weighted by Crippen LogP contribution is 2.46. The molecule has 1 amide bonds. The summed E-state index contributed by atoms with van der Waals surface area (Å²) < 4.78 is 27.4. The van der Waals surface area contributed by atoms with Gasteiger partial charge in [0.2, 0.25) is 0 Å². The highest BCUT2D eigenvalue weighted by Gasteiger charge is 2.55. The van der Waals surface area contributed by atoms with Crippen molar-refractivity contribution in [3.63, 3.8) is 0 Å². The summed E-state index contributed by atoms with van der Waals surface area (Å²) in [4.78, 5) is 12.9. The first kappa shape index (κ1) is 11.0. The van der Waals surface area contributed by atoms with Gasteiger partial charge in [0.25, 0.3) is 0 Å². The molecular weight excluding hydrogens is 212 g/mol. The Morgan fingerprint density at radius 1 is 1.19 bits per heavy atom. The van der Waals surface area contributed by atoms with Crippen LogP contribution in [-0.4, -0.2) is 11.4 Å². The van der Waals surface area contributed by atoms with Gasteiger partial charge in [0.1, 0.15) is 0 Å². The highest BCUT2D eigenvalue weighted by molar-refractivity contribution is 6.06. The molecule has 1 heterocycles. The fourth-order valence-corrected chi connectivity index (χ4v) is 1.97. The standard InChI is InChI=1S/C12H13F2NO/c1-11(2,3)15-9-7-5-4-6-8(9)12(13,14)10(15)16/h4-7H,1-3H3. The molecule has 0 bridgehead atoms. The van der Waals surface area contributed by atoms with E-state index in [2.05, 4.69) is 0 Å². The van der Waals surface area contributed by atoms with E-state index in [4.69, 9.17) is 0 Å². The van der Waals surface area contributed by atoms with Crippen molar-refractivity contribution in [3.8, 4) is 0 Å². The molecule has 0 saturated carbocycles. The first-order valence-electron chi connectivity index (χ1n) is 5.08. The first-order valence-corrected chi connectivity index (χ1v) is 5.08. The van der Waals surface area contributed by atoms with Crippen LogP contribution in [0.3, 0.4) is 0 Å². The van der Waals surface area contributed by atoms with Crippen LogP contribution in [0.2, 0.25) is 0 Å². The van der Waals surface area contributed by atoms with Crippen molar-refractivity contribution in [2.24, 2.45) is 0 Å². The van der Waals surface area contributed by atoms with Crippen LogP contribution in [0.15, 0.2) is 24.3 Å². The number of benzene rings is 1. The van der Waals surface area contributed by atoms with Crippen molar-refractivity contribution in [2.45, 2.75) is 32.2 Å². The molecule has 0 aromatic heterocycles. The third kappa shape index (κ3) is 1.32. The zero-order valence-electron chi connectivity index (χ0n) is 9.42. The van der Waals surface area contributed by atoms with E-state index in [1.165, 1.54) is 17.0 Å². The molecule has 2 nitrogen and oxygen atoms in total. The third-order valence-electron chi connectivity index (χ3n) is 2.63. The molecule has 1 aliphatic heterocycles. The van der Waals surface area contributed by atoms with Crippen LogP contribution < -0.4 is 4.90 Å². The molecule has 1 aliphatic rings. The lowest BCUT2D eigenvalue weighted by atomic mass is 10.1. The van der Waals surface area contributed by atoms with Crippen LogP contribution in [-0.2, 0) is 10.7 Å². The Hall–Kier alpha value is -1.45. The van der Waals surface area contributed by atoms with E-state index in [-0.39, 0.29) is 5.56 Å². The van der Waals surface area contributed by atoms with Crippen molar-refractivity contribution in [2.75, 3.05) is 4.90 Å². The summed E-state index contributed by atoms with van der Waals surface area (Å²) in [5, 5.41) is 0. The average Bonchev–Trinajstić information content (AvgIpc) is 2.35. The summed E-state index contributed by atoms with van der Waals surface area (Å²) in [5.74, 6) is -4.54. The Labute approximate surface area is 92.9 Å². The number of halogens is 2. The number of anilines is 1. The minimum absolute atomic E-state index is 0.199. The minimum atomic E-state index is -3.40. The molecule has 16 heavy (non-hydrogen) atoms. The number of hydrogen-bond acceptors (Lipinski definition) is 1. The maximum absolute atomic E-state index is 13.7. The summed E-state index contributed by atoms with van der Waals surface area (Å²) in [6.07, 6.45) is 0. The summed E-state index contributed by atoms with van der Waals surface area (Å²) in [6.45, 7) is 5.22. The summed E-state index contributed by atoms with van der Waals surface area (Å²) in [6, 6.07) is 6.04. The van der Waals surface area contributed by atoms with Gasteiger partial charge in [-0.05, 0) is 26.8 Å². The summed E-state index contributed by atoms with van der Waals surface area (Å²) >= 11 is 0. The second kappa shape index (κ2) is 3.03. The van der Waals surface area contributed by atoms with Crippen molar-refractivity contribution < 1.29 is 13.6 Å². The quantitative estimate of drug-likeness (QED) is 0.664. The normalized spacial score (nSPS) is 18.8.